The van der Waals surface area contributed by atoms with Crippen LogP contribution >= 0.6 is 0 Å². The van der Waals surface area contributed by atoms with Crippen LogP contribution in [0.4, 0.5) is 0 Å². The first-order valence-electron chi connectivity index (χ1n) is 9.00. The van der Waals surface area contributed by atoms with Gasteiger partial charge in [-0.15, -0.1) is 0 Å². The van der Waals surface area contributed by atoms with Crippen molar-refractivity contribution >= 4 is 5.91 Å². The number of ether oxygens (including phenoxy) is 1. The van der Waals surface area contributed by atoms with Crippen molar-refractivity contribution < 1.29 is 9.53 Å². The number of rotatable bonds is 6. The van der Waals surface area contributed by atoms with E-state index in [0.717, 1.165) is 31.4 Å². The number of aryl methyl sites for hydroxylation is 1. The average molecular weight is 338 g/mol. The SMILES string of the molecule is Cc1ccc(C(=O)N2CCC[C@H]2c2ccccc2)c(OCCCN)c1. The van der Waals surface area contributed by atoms with Crippen LogP contribution in [0.5, 0.6) is 5.75 Å². The van der Waals surface area contributed by atoms with E-state index in [1.54, 1.807) is 0 Å². The molecule has 2 N–H and O–H groups in total. The summed E-state index contributed by atoms with van der Waals surface area (Å²) in [6, 6.07) is 16.2. The molecule has 0 radical (unpaired) electrons. The van der Waals surface area contributed by atoms with Gasteiger partial charge in [-0.2, -0.15) is 0 Å². The summed E-state index contributed by atoms with van der Waals surface area (Å²) in [5.41, 5.74) is 8.48. The van der Waals surface area contributed by atoms with Crippen LogP contribution in [0.25, 0.3) is 0 Å². The molecule has 132 valence electrons. The fourth-order valence-electron chi connectivity index (χ4n) is 3.38. The van der Waals surface area contributed by atoms with Crippen LogP contribution in [0.2, 0.25) is 0 Å². The molecule has 1 heterocycles. The minimum Gasteiger partial charge on any atom is -0.493 e. The molecule has 1 atom stereocenters. The molecule has 0 aromatic heterocycles. The minimum atomic E-state index is 0.0501. The number of hydrogen-bond acceptors (Lipinski definition) is 3. The van der Waals surface area contributed by atoms with Gasteiger partial charge >= 0.3 is 0 Å². The molecule has 3 rings (SSSR count). The van der Waals surface area contributed by atoms with Crippen LogP contribution in [0.15, 0.2) is 48.5 Å². The van der Waals surface area contributed by atoms with Crippen LogP contribution in [-0.4, -0.2) is 30.5 Å². The van der Waals surface area contributed by atoms with Gasteiger partial charge in [0.1, 0.15) is 5.75 Å². The van der Waals surface area contributed by atoms with Crippen LogP contribution in [-0.2, 0) is 0 Å². The normalized spacial score (nSPS) is 16.9. The summed E-state index contributed by atoms with van der Waals surface area (Å²) < 4.78 is 5.85. The Morgan fingerprint density at radius 2 is 2.04 bits per heavy atom. The summed E-state index contributed by atoms with van der Waals surface area (Å²) in [4.78, 5) is 15.2. The minimum absolute atomic E-state index is 0.0501. The Labute approximate surface area is 149 Å². The van der Waals surface area contributed by atoms with E-state index in [0.29, 0.717) is 24.5 Å². The van der Waals surface area contributed by atoms with E-state index in [1.807, 2.05) is 48.2 Å². The Morgan fingerprint density at radius 1 is 1.24 bits per heavy atom. The van der Waals surface area contributed by atoms with Crippen molar-refractivity contribution in [1.82, 2.24) is 4.90 Å². The number of likely N-dealkylation sites (tertiary alicyclic amines) is 1. The van der Waals surface area contributed by atoms with E-state index in [4.69, 9.17) is 10.5 Å². The van der Waals surface area contributed by atoms with E-state index in [-0.39, 0.29) is 11.9 Å². The van der Waals surface area contributed by atoms with Gasteiger partial charge < -0.3 is 15.4 Å². The highest BCUT2D eigenvalue weighted by atomic mass is 16.5. The zero-order valence-corrected chi connectivity index (χ0v) is 14.8. The Kier molecular flexibility index (Phi) is 5.71. The average Bonchev–Trinajstić information content (AvgIpc) is 3.12. The molecule has 1 aliphatic rings. The first-order chi connectivity index (χ1) is 12.2. The van der Waals surface area contributed by atoms with Crippen LogP contribution < -0.4 is 10.5 Å². The van der Waals surface area contributed by atoms with Crippen molar-refractivity contribution in [3.8, 4) is 5.75 Å². The Bertz CT molecular complexity index is 715. The Balaban J connectivity index is 1.84. The number of carbonyl (C=O) groups is 1. The molecule has 0 bridgehead atoms. The molecular weight excluding hydrogens is 312 g/mol. The molecule has 0 spiro atoms. The van der Waals surface area contributed by atoms with Gasteiger partial charge in [0.15, 0.2) is 0 Å². The maximum atomic E-state index is 13.2. The third-order valence-electron chi connectivity index (χ3n) is 4.67. The van der Waals surface area contributed by atoms with Crippen LogP contribution in [0.3, 0.4) is 0 Å². The number of hydrogen-bond donors (Lipinski definition) is 1. The second kappa shape index (κ2) is 8.17. The smallest absolute Gasteiger partial charge is 0.258 e. The topological polar surface area (TPSA) is 55.6 Å². The van der Waals surface area contributed by atoms with Crippen molar-refractivity contribution in [2.24, 2.45) is 5.73 Å². The quantitative estimate of drug-likeness (QED) is 0.817. The van der Waals surface area contributed by atoms with Crippen molar-refractivity contribution in [3.63, 3.8) is 0 Å². The molecule has 1 amide bonds. The van der Waals surface area contributed by atoms with Gasteiger partial charge in [-0.05, 0) is 56.0 Å². The highest BCUT2D eigenvalue weighted by Crippen LogP contribution is 2.34. The molecule has 1 aliphatic heterocycles. The molecule has 1 fully saturated rings. The van der Waals surface area contributed by atoms with Crippen molar-refractivity contribution in [2.75, 3.05) is 19.7 Å². The molecule has 4 nitrogen and oxygen atoms in total. The standard InChI is InChI=1S/C21H26N2O2/c1-16-10-11-18(20(15-16)25-14-6-12-22)21(24)23-13-5-9-19(23)17-7-3-2-4-8-17/h2-4,7-8,10-11,15,19H,5-6,9,12-14,22H2,1H3/t19-/m0/s1. The molecule has 0 saturated carbocycles. The summed E-state index contributed by atoms with van der Waals surface area (Å²) in [6.07, 6.45) is 2.81. The monoisotopic (exact) mass is 338 g/mol. The van der Waals surface area contributed by atoms with Crippen LogP contribution in [0, 0.1) is 6.92 Å². The number of nitrogens with zero attached hydrogens (tertiary/aromatic N) is 1. The van der Waals surface area contributed by atoms with E-state index in [9.17, 15) is 4.79 Å². The molecule has 2 aromatic carbocycles. The molecule has 2 aromatic rings. The zero-order chi connectivity index (χ0) is 17.6. The number of benzene rings is 2. The number of carbonyl (C=O) groups excluding carboxylic acids is 1. The van der Waals surface area contributed by atoms with Crippen molar-refractivity contribution in [1.29, 1.82) is 0 Å². The molecule has 25 heavy (non-hydrogen) atoms. The summed E-state index contributed by atoms with van der Waals surface area (Å²) in [7, 11) is 0. The predicted molar refractivity (Wildman–Crippen MR) is 99.8 cm³/mol. The first-order valence-corrected chi connectivity index (χ1v) is 9.00. The second-order valence-corrected chi connectivity index (χ2v) is 6.56. The maximum absolute atomic E-state index is 13.2. The molecule has 4 heteroatoms. The summed E-state index contributed by atoms with van der Waals surface area (Å²) in [5, 5.41) is 0. The van der Waals surface area contributed by atoms with Gasteiger partial charge in [-0.1, -0.05) is 36.4 Å². The lowest BCUT2D eigenvalue weighted by Crippen LogP contribution is -2.31. The van der Waals surface area contributed by atoms with Gasteiger partial charge in [0, 0.05) is 6.54 Å². The van der Waals surface area contributed by atoms with Crippen molar-refractivity contribution in [2.45, 2.75) is 32.2 Å². The molecule has 0 aliphatic carbocycles. The fourth-order valence-corrected chi connectivity index (χ4v) is 3.38. The molecule has 1 saturated heterocycles. The highest BCUT2D eigenvalue weighted by Gasteiger charge is 2.31. The highest BCUT2D eigenvalue weighted by molar-refractivity contribution is 5.97. The summed E-state index contributed by atoms with van der Waals surface area (Å²) in [5.74, 6) is 0.714. The van der Waals surface area contributed by atoms with E-state index >= 15 is 0 Å². The Hall–Kier alpha value is -2.33. The van der Waals surface area contributed by atoms with Gasteiger partial charge in [-0.25, -0.2) is 0 Å². The summed E-state index contributed by atoms with van der Waals surface area (Å²) in [6.45, 7) is 3.90. The first kappa shape index (κ1) is 17.5. The zero-order valence-electron chi connectivity index (χ0n) is 14.8. The van der Waals surface area contributed by atoms with Gasteiger partial charge in [0.25, 0.3) is 5.91 Å². The summed E-state index contributed by atoms with van der Waals surface area (Å²) >= 11 is 0. The van der Waals surface area contributed by atoms with E-state index < -0.39 is 0 Å². The van der Waals surface area contributed by atoms with E-state index in [1.165, 1.54) is 5.56 Å². The predicted octanol–water partition coefficient (Wildman–Crippen LogP) is 3.70. The van der Waals surface area contributed by atoms with Gasteiger partial charge in [0.2, 0.25) is 0 Å². The third kappa shape index (κ3) is 4.02. The second-order valence-electron chi connectivity index (χ2n) is 6.56. The lowest BCUT2D eigenvalue weighted by molar-refractivity contribution is 0.0731. The van der Waals surface area contributed by atoms with Crippen LogP contribution in [0.1, 0.15) is 46.8 Å². The van der Waals surface area contributed by atoms with Gasteiger partial charge in [0.05, 0.1) is 18.2 Å². The number of nitrogens with two attached hydrogens (primary N) is 1. The molecular formula is C21H26N2O2. The Morgan fingerprint density at radius 3 is 2.80 bits per heavy atom. The largest absolute Gasteiger partial charge is 0.493 e. The lowest BCUT2D eigenvalue weighted by atomic mass is 10.0. The lowest BCUT2D eigenvalue weighted by Gasteiger charge is -2.26. The van der Waals surface area contributed by atoms with E-state index in [2.05, 4.69) is 12.1 Å². The molecule has 0 unspecified atom stereocenters. The fraction of sp³-hybridized carbons (Fsp3) is 0.381. The van der Waals surface area contributed by atoms with Gasteiger partial charge in [-0.3, -0.25) is 4.79 Å². The third-order valence-corrected chi connectivity index (χ3v) is 4.67. The maximum Gasteiger partial charge on any atom is 0.258 e. The van der Waals surface area contributed by atoms with Crippen molar-refractivity contribution in [3.05, 3.63) is 65.2 Å². The number of amides is 1.